The van der Waals surface area contributed by atoms with E-state index in [0.717, 1.165) is 5.52 Å². The molecular weight excluding hydrogens is 226 g/mol. The maximum absolute atomic E-state index is 9.93. The number of hydrogen-bond acceptors (Lipinski definition) is 2. The second-order valence-electron chi connectivity index (χ2n) is 5.24. The van der Waals surface area contributed by atoms with E-state index >= 15 is 0 Å². The van der Waals surface area contributed by atoms with E-state index in [1.807, 2.05) is 18.2 Å². The van der Waals surface area contributed by atoms with Gasteiger partial charge in [0.25, 0.3) is 0 Å². The Morgan fingerprint density at radius 1 is 0.944 bits per heavy atom. The third-order valence-corrected chi connectivity index (χ3v) is 3.24. The van der Waals surface area contributed by atoms with Crippen molar-refractivity contribution >= 4 is 10.9 Å². The highest BCUT2D eigenvalue weighted by Gasteiger charge is 2.23. The van der Waals surface area contributed by atoms with E-state index < -0.39 is 0 Å². The van der Waals surface area contributed by atoms with Crippen LogP contribution in [-0.2, 0) is 0 Å². The molecule has 0 radical (unpaired) electrons. The van der Waals surface area contributed by atoms with Crippen LogP contribution in [-0.4, -0.2) is 10.2 Å². The first-order valence-electron chi connectivity index (χ1n) is 6.32. The van der Waals surface area contributed by atoms with Gasteiger partial charge in [-0.05, 0) is 26.0 Å². The zero-order valence-corrected chi connectivity index (χ0v) is 11.3. The summed E-state index contributed by atoms with van der Waals surface area (Å²) in [4.78, 5) is 0. The first-order chi connectivity index (χ1) is 8.43. The van der Waals surface area contributed by atoms with Gasteiger partial charge in [-0.15, -0.1) is 0 Å². The Labute approximate surface area is 107 Å². The second kappa shape index (κ2) is 4.48. The average molecular weight is 246 g/mol. The molecule has 0 atom stereocenters. The molecule has 18 heavy (non-hydrogen) atoms. The van der Waals surface area contributed by atoms with Crippen molar-refractivity contribution in [1.29, 1.82) is 0 Å². The molecule has 0 fully saturated rings. The number of pyridine rings is 1. The fourth-order valence-corrected chi connectivity index (χ4v) is 2.40. The van der Waals surface area contributed by atoms with Gasteiger partial charge in [-0.3, -0.25) is 0 Å². The standard InChI is InChI=1S/C15H19NO2/c1-9(2)12-6-5-11-13(16(12)10(3)4)7-8-14(17)15(11)18/h5-10,17H,1-4H3/p+1. The van der Waals surface area contributed by atoms with E-state index in [1.165, 1.54) is 5.69 Å². The summed E-state index contributed by atoms with van der Waals surface area (Å²) in [5.74, 6) is 0.292. The van der Waals surface area contributed by atoms with E-state index in [1.54, 1.807) is 6.07 Å². The predicted octanol–water partition coefficient (Wildman–Crippen LogP) is 3.24. The van der Waals surface area contributed by atoms with Crippen molar-refractivity contribution in [3.8, 4) is 11.5 Å². The van der Waals surface area contributed by atoms with E-state index in [4.69, 9.17) is 0 Å². The molecule has 0 aliphatic carbocycles. The zero-order valence-electron chi connectivity index (χ0n) is 11.3. The van der Waals surface area contributed by atoms with Crippen LogP contribution in [0.2, 0.25) is 0 Å². The quantitative estimate of drug-likeness (QED) is 0.631. The normalized spacial score (nSPS) is 11.7. The van der Waals surface area contributed by atoms with Crippen molar-refractivity contribution in [2.45, 2.75) is 39.7 Å². The van der Waals surface area contributed by atoms with Crippen molar-refractivity contribution < 1.29 is 14.8 Å². The maximum Gasteiger partial charge on any atom is 0.216 e. The van der Waals surface area contributed by atoms with Crippen LogP contribution in [0, 0.1) is 0 Å². The summed E-state index contributed by atoms with van der Waals surface area (Å²) >= 11 is 0. The highest BCUT2D eigenvalue weighted by Crippen LogP contribution is 2.33. The number of phenols is 2. The van der Waals surface area contributed by atoms with Gasteiger partial charge in [0.15, 0.2) is 23.2 Å². The molecule has 0 aliphatic heterocycles. The van der Waals surface area contributed by atoms with Crippen LogP contribution in [0.5, 0.6) is 11.5 Å². The number of nitrogens with zero attached hydrogens (tertiary/aromatic N) is 1. The highest BCUT2D eigenvalue weighted by atomic mass is 16.3. The van der Waals surface area contributed by atoms with Gasteiger partial charge in [0.05, 0.1) is 5.39 Å². The molecule has 0 amide bonds. The molecular formula is C15H20NO2+. The van der Waals surface area contributed by atoms with Gasteiger partial charge < -0.3 is 10.2 Å². The van der Waals surface area contributed by atoms with Gasteiger partial charge in [0, 0.05) is 18.1 Å². The van der Waals surface area contributed by atoms with Gasteiger partial charge >= 0.3 is 0 Å². The third kappa shape index (κ3) is 1.90. The van der Waals surface area contributed by atoms with Gasteiger partial charge in [-0.2, -0.15) is 4.57 Å². The summed E-state index contributed by atoms with van der Waals surface area (Å²) in [5, 5.41) is 20.2. The molecule has 0 bridgehead atoms. The summed E-state index contributed by atoms with van der Waals surface area (Å²) in [6, 6.07) is 7.59. The molecule has 0 saturated carbocycles. The smallest absolute Gasteiger partial charge is 0.216 e. The lowest BCUT2D eigenvalue weighted by atomic mass is 10.0. The van der Waals surface area contributed by atoms with Gasteiger partial charge in [-0.25, -0.2) is 0 Å². The van der Waals surface area contributed by atoms with E-state index in [0.29, 0.717) is 17.3 Å². The lowest BCUT2D eigenvalue weighted by Gasteiger charge is -2.13. The summed E-state index contributed by atoms with van der Waals surface area (Å²) in [5.41, 5.74) is 2.18. The summed E-state index contributed by atoms with van der Waals surface area (Å²) in [6.07, 6.45) is 0. The largest absolute Gasteiger partial charge is 0.504 e. The van der Waals surface area contributed by atoms with Crippen molar-refractivity contribution in [3.63, 3.8) is 0 Å². The van der Waals surface area contributed by atoms with Crippen LogP contribution < -0.4 is 4.57 Å². The number of aromatic nitrogens is 1. The van der Waals surface area contributed by atoms with Crippen molar-refractivity contribution in [2.24, 2.45) is 0 Å². The van der Waals surface area contributed by atoms with E-state index in [9.17, 15) is 10.2 Å². The lowest BCUT2D eigenvalue weighted by Crippen LogP contribution is -2.41. The minimum atomic E-state index is -0.0740. The Morgan fingerprint density at radius 3 is 2.17 bits per heavy atom. The summed E-state index contributed by atoms with van der Waals surface area (Å²) in [7, 11) is 0. The van der Waals surface area contributed by atoms with Crippen molar-refractivity contribution in [1.82, 2.24) is 0 Å². The van der Waals surface area contributed by atoms with Crippen molar-refractivity contribution in [2.75, 3.05) is 0 Å². The molecule has 2 aromatic rings. The summed E-state index contributed by atoms with van der Waals surface area (Å²) < 4.78 is 2.21. The number of benzene rings is 1. The zero-order chi connectivity index (χ0) is 13.4. The number of aromatic hydroxyl groups is 2. The monoisotopic (exact) mass is 246 g/mol. The van der Waals surface area contributed by atoms with Gasteiger partial charge in [0.1, 0.15) is 0 Å². The van der Waals surface area contributed by atoms with Crippen molar-refractivity contribution in [3.05, 3.63) is 30.0 Å². The minimum absolute atomic E-state index is 0.0443. The Morgan fingerprint density at radius 2 is 1.61 bits per heavy atom. The third-order valence-electron chi connectivity index (χ3n) is 3.24. The first-order valence-corrected chi connectivity index (χ1v) is 6.32. The van der Waals surface area contributed by atoms with E-state index in [-0.39, 0.29) is 11.5 Å². The van der Waals surface area contributed by atoms with Gasteiger partial charge in [0.2, 0.25) is 5.52 Å². The SMILES string of the molecule is CC(C)c1ccc2c(O)c(O)ccc2[n+]1C(C)C. The number of hydrogen-bond donors (Lipinski definition) is 2. The Kier molecular flexibility index (Phi) is 3.16. The molecule has 0 aliphatic rings. The van der Waals surface area contributed by atoms with Crippen LogP contribution >= 0.6 is 0 Å². The van der Waals surface area contributed by atoms with E-state index in [2.05, 4.69) is 32.3 Å². The first kappa shape index (κ1) is 12.7. The average Bonchev–Trinajstić information content (AvgIpc) is 2.32. The van der Waals surface area contributed by atoms with Gasteiger partial charge in [-0.1, -0.05) is 13.8 Å². The second-order valence-corrected chi connectivity index (χ2v) is 5.24. The van der Waals surface area contributed by atoms with Crippen LogP contribution in [0.25, 0.3) is 10.9 Å². The molecule has 0 saturated heterocycles. The molecule has 0 spiro atoms. The van der Waals surface area contributed by atoms with Crippen LogP contribution in [0.1, 0.15) is 45.3 Å². The maximum atomic E-state index is 9.93. The molecule has 2 N–H and O–H groups in total. The molecule has 1 aromatic heterocycles. The molecule has 0 unspecified atom stereocenters. The Hall–Kier alpha value is -1.77. The highest BCUT2D eigenvalue weighted by molar-refractivity contribution is 5.85. The molecule has 3 nitrogen and oxygen atoms in total. The Balaban J connectivity index is 2.87. The predicted molar refractivity (Wildman–Crippen MR) is 71.9 cm³/mol. The molecule has 96 valence electrons. The van der Waals surface area contributed by atoms with Crippen LogP contribution in [0.15, 0.2) is 24.3 Å². The van der Waals surface area contributed by atoms with Crippen LogP contribution in [0.3, 0.4) is 0 Å². The van der Waals surface area contributed by atoms with Crippen LogP contribution in [0.4, 0.5) is 0 Å². The minimum Gasteiger partial charge on any atom is -0.504 e. The molecule has 1 aromatic carbocycles. The molecule has 2 rings (SSSR count). The number of fused-ring (bicyclic) bond motifs is 1. The number of rotatable bonds is 2. The fraction of sp³-hybridized carbons (Fsp3) is 0.400. The number of phenolic OH excluding ortho intramolecular Hbond substituents is 2. The molecule has 3 heteroatoms. The fourth-order valence-electron chi connectivity index (χ4n) is 2.40. The lowest BCUT2D eigenvalue weighted by molar-refractivity contribution is -0.699. The topological polar surface area (TPSA) is 44.3 Å². The molecule has 1 heterocycles. The summed E-state index contributed by atoms with van der Waals surface area (Å²) in [6.45, 7) is 8.55. The Bertz CT molecular complexity index is 589.